The lowest BCUT2D eigenvalue weighted by Crippen LogP contribution is -2.10. The lowest BCUT2D eigenvalue weighted by molar-refractivity contribution is 0.0685. The molecule has 0 aliphatic rings. The van der Waals surface area contributed by atoms with Crippen LogP contribution in [-0.4, -0.2) is 15.6 Å². The highest BCUT2D eigenvalue weighted by molar-refractivity contribution is 9.10. The zero-order valence-electron chi connectivity index (χ0n) is 11.5. The van der Waals surface area contributed by atoms with Gasteiger partial charge in [0.25, 0.3) is 0 Å². The maximum absolute atomic E-state index is 11.6. The van der Waals surface area contributed by atoms with E-state index < -0.39 is 5.97 Å². The van der Waals surface area contributed by atoms with Crippen molar-refractivity contribution in [2.45, 2.75) is 6.54 Å². The number of nitriles is 1. The highest BCUT2D eigenvalue weighted by Crippen LogP contribution is 2.31. The first-order valence-electron chi connectivity index (χ1n) is 6.61. The maximum Gasteiger partial charge on any atom is 0.353 e. The summed E-state index contributed by atoms with van der Waals surface area (Å²) in [6, 6.07) is 16.8. The predicted octanol–water partition coefficient (Wildman–Crippen LogP) is 4.02. The Bertz CT molecular complexity index is 922. The van der Waals surface area contributed by atoms with E-state index in [-0.39, 0.29) is 5.69 Å². The van der Waals surface area contributed by atoms with Gasteiger partial charge in [0, 0.05) is 11.9 Å². The number of aromatic nitrogens is 1. The smallest absolute Gasteiger partial charge is 0.353 e. The van der Waals surface area contributed by atoms with Gasteiger partial charge in [0.2, 0.25) is 0 Å². The fraction of sp³-hybridized carbons (Fsp3) is 0.0588. The second-order valence-electron chi connectivity index (χ2n) is 4.88. The summed E-state index contributed by atoms with van der Waals surface area (Å²) in [5.74, 6) is -0.987. The first kappa shape index (κ1) is 14.4. The lowest BCUT2D eigenvalue weighted by atomic mass is 10.1. The number of halogens is 1. The van der Waals surface area contributed by atoms with Crippen LogP contribution in [0.4, 0.5) is 0 Å². The molecule has 1 aromatic heterocycles. The summed E-state index contributed by atoms with van der Waals surface area (Å²) < 4.78 is 2.32. The van der Waals surface area contributed by atoms with Gasteiger partial charge in [-0.2, -0.15) is 5.26 Å². The summed E-state index contributed by atoms with van der Waals surface area (Å²) in [4.78, 5) is 11.6. The molecule has 0 atom stereocenters. The predicted molar refractivity (Wildman–Crippen MR) is 86.9 cm³/mol. The molecule has 2 aromatic carbocycles. The number of carboxylic acids is 1. The van der Waals surface area contributed by atoms with Crippen LogP contribution in [-0.2, 0) is 6.54 Å². The number of aromatic carboxylic acids is 1. The van der Waals surface area contributed by atoms with Crippen molar-refractivity contribution in [2.75, 3.05) is 0 Å². The zero-order chi connectivity index (χ0) is 15.7. The van der Waals surface area contributed by atoms with Gasteiger partial charge in [0.05, 0.1) is 21.6 Å². The molecule has 0 fully saturated rings. The number of hydrogen-bond acceptors (Lipinski definition) is 2. The van der Waals surface area contributed by atoms with Gasteiger partial charge in [-0.1, -0.05) is 30.3 Å². The number of carboxylic acid groups (broad SMARTS) is 1. The first-order valence-corrected chi connectivity index (χ1v) is 7.40. The molecule has 22 heavy (non-hydrogen) atoms. The van der Waals surface area contributed by atoms with Crippen LogP contribution in [0.2, 0.25) is 0 Å². The number of fused-ring (bicyclic) bond motifs is 1. The number of hydrogen-bond donors (Lipinski definition) is 1. The van der Waals surface area contributed by atoms with E-state index in [9.17, 15) is 9.90 Å². The fourth-order valence-electron chi connectivity index (χ4n) is 2.56. The molecule has 0 amide bonds. The van der Waals surface area contributed by atoms with Crippen molar-refractivity contribution >= 4 is 32.8 Å². The van der Waals surface area contributed by atoms with Crippen LogP contribution in [0.5, 0.6) is 0 Å². The molecule has 0 aliphatic heterocycles. The molecular weight excluding hydrogens is 344 g/mol. The SMILES string of the molecule is N#Cc1cccc(Cn2c(C(=O)O)c(Br)c3ccccc32)c1. The monoisotopic (exact) mass is 354 g/mol. The first-order chi connectivity index (χ1) is 10.6. The Balaban J connectivity index is 2.19. The third-order valence-electron chi connectivity index (χ3n) is 3.51. The third kappa shape index (κ3) is 2.38. The van der Waals surface area contributed by atoms with Gasteiger partial charge in [0.1, 0.15) is 5.69 Å². The minimum absolute atomic E-state index is 0.212. The summed E-state index contributed by atoms with van der Waals surface area (Å²) in [7, 11) is 0. The van der Waals surface area contributed by atoms with Gasteiger partial charge in [0.15, 0.2) is 0 Å². The van der Waals surface area contributed by atoms with Gasteiger partial charge >= 0.3 is 5.97 Å². The Hall–Kier alpha value is -2.58. The van der Waals surface area contributed by atoms with Crippen molar-refractivity contribution in [3.8, 4) is 6.07 Å². The van der Waals surface area contributed by atoms with E-state index in [2.05, 4.69) is 22.0 Å². The summed E-state index contributed by atoms with van der Waals surface area (Å²) in [5.41, 5.74) is 2.50. The molecule has 0 bridgehead atoms. The summed E-state index contributed by atoms with van der Waals surface area (Å²) in [6.07, 6.45) is 0. The molecule has 4 nitrogen and oxygen atoms in total. The van der Waals surface area contributed by atoms with E-state index in [1.165, 1.54) is 0 Å². The van der Waals surface area contributed by atoms with Gasteiger partial charge < -0.3 is 9.67 Å². The van der Waals surface area contributed by atoms with Crippen LogP contribution in [0.3, 0.4) is 0 Å². The number of nitrogens with zero attached hydrogens (tertiary/aromatic N) is 2. The highest BCUT2D eigenvalue weighted by Gasteiger charge is 2.20. The summed E-state index contributed by atoms with van der Waals surface area (Å²) in [5, 5.41) is 19.4. The molecule has 5 heteroatoms. The van der Waals surface area contributed by atoms with Crippen molar-refractivity contribution in [1.82, 2.24) is 4.57 Å². The van der Waals surface area contributed by atoms with E-state index in [1.807, 2.05) is 30.3 Å². The molecule has 0 radical (unpaired) electrons. The number of rotatable bonds is 3. The van der Waals surface area contributed by atoms with Crippen molar-refractivity contribution in [1.29, 1.82) is 5.26 Å². The molecular formula is C17H11BrN2O2. The number of carbonyl (C=O) groups is 1. The average Bonchev–Trinajstić information content (AvgIpc) is 2.81. The Morgan fingerprint density at radius 1 is 1.23 bits per heavy atom. The minimum atomic E-state index is -0.987. The molecule has 1 heterocycles. The Labute approximate surface area is 135 Å². The van der Waals surface area contributed by atoms with Gasteiger partial charge in [-0.05, 0) is 39.7 Å². The molecule has 108 valence electrons. The van der Waals surface area contributed by atoms with Crippen LogP contribution in [0.15, 0.2) is 53.0 Å². The van der Waals surface area contributed by atoms with Crippen molar-refractivity contribution < 1.29 is 9.90 Å². The molecule has 0 aliphatic carbocycles. The van der Waals surface area contributed by atoms with E-state index in [0.717, 1.165) is 16.5 Å². The van der Waals surface area contributed by atoms with Crippen LogP contribution in [0.1, 0.15) is 21.6 Å². The summed E-state index contributed by atoms with van der Waals surface area (Å²) in [6.45, 7) is 0.392. The topological polar surface area (TPSA) is 66.0 Å². The second kappa shape index (κ2) is 5.66. The molecule has 3 rings (SSSR count). The molecule has 0 spiro atoms. The summed E-state index contributed by atoms with van der Waals surface area (Å²) >= 11 is 3.39. The van der Waals surface area contributed by atoms with Crippen molar-refractivity contribution in [2.24, 2.45) is 0 Å². The molecule has 0 unspecified atom stereocenters. The molecule has 0 saturated carbocycles. The van der Waals surface area contributed by atoms with Gasteiger partial charge in [-0.25, -0.2) is 4.79 Å². The normalized spacial score (nSPS) is 10.5. The van der Waals surface area contributed by atoms with Crippen LogP contribution in [0.25, 0.3) is 10.9 Å². The zero-order valence-corrected chi connectivity index (χ0v) is 13.0. The molecule has 1 N–H and O–H groups in total. The van der Waals surface area contributed by atoms with Gasteiger partial charge in [-0.3, -0.25) is 0 Å². The fourth-order valence-corrected chi connectivity index (χ4v) is 3.28. The Morgan fingerprint density at radius 3 is 2.73 bits per heavy atom. The van der Waals surface area contributed by atoms with Crippen molar-refractivity contribution in [3.63, 3.8) is 0 Å². The maximum atomic E-state index is 11.6. The van der Waals surface area contributed by atoms with E-state index >= 15 is 0 Å². The Kier molecular flexibility index (Phi) is 3.70. The highest BCUT2D eigenvalue weighted by atomic mass is 79.9. The standard InChI is InChI=1S/C17H11BrN2O2/c18-15-13-6-1-2-7-14(13)20(16(15)17(21)22)10-12-5-3-4-11(8-12)9-19/h1-8H,10H2,(H,21,22). The Morgan fingerprint density at radius 2 is 2.00 bits per heavy atom. The minimum Gasteiger partial charge on any atom is -0.477 e. The van der Waals surface area contributed by atoms with Crippen LogP contribution >= 0.6 is 15.9 Å². The lowest BCUT2D eigenvalue weighted by Gasteiger charge is -2.09. The average molecular weight is 355 g/mol. The number of para-hydroxylation sites is 1. The quantitative estimate of drug-likeness (QED) is 0.772. The van der Waals surface area contributed by atoms with Crippen molar-refractivity contribution in [3.05, 3.63) is 69.8 Å². The third-order valence-corrected chi connectivity index (χ3v) is 4.31. The van der Waals surface area contributed by atoms with Gasteiger partial charge in [-0.15, -0.1) is 0 Å². The number of benzene rings is 2. The van der Waals surface area contributed by atoms with Crippen LogP contribution < -0.4 is 0 Å². The van der Waals surface area contributed by atoms with E-state index in [0.29, 0.717) is 16.6 Å². The molecule has 0 saturated heterocycles. The van der Waals surface area contributed by atoms with Crippen LogP contribution in [0, 0.1) is 11.3 Å². The van der Waals surface area contributed by atoms with E-state index in [4.69, 9.17) is 5.26 Å². The largest absolute Gasteiger partial charge is 0.477 e. The van der Waals surface area contributed by atoms with E-state index in [1.54, 1.807) is 22.8 Å². The molecule has 3 aromatic rings. The second-order valence-corrected chi connectivity index (χ2v) is 5.68.